The fourth-order valence-corrected chi connectivity index (χ4v) is 1.84. The maximum absolute atomic E-state index is 2.83. The number of hydrogen-bond acceptors (Lipinski definition) is 0. The summed E-state index contributed by atoms with van der Waals surface area (Å²) in [5.74, 6) is 0. The van der Waals surface area contributed by atoms with Gasteiger partial charge in [0.15, 0.2) is 0 Å². The Labute approximate surface area is 53.6 Å². The summed E-state index contributed by atoms with van der Waals surface area (Å²) in [6.07, 6.45) is 1.23. The summed E-state index contributed by atoms with van der Waals surface area (Å²) in [4.78, 5) is 2.07. The van der Waals surface area contributed by atoms with Gasteiger partial charge in [0.1, 0.15) is 0 Å². The first-order valence-corrected chi connectivity index (χ1v) is 4.25. The molecular weight excluding hydrogens is 243 g/mol. The topological polar surface area (TPSA) is 0 Å². The molecule has 0 saturated carbocycles. The van der Waals surface area contributed by atoms with Crippen molar-refractivity contribution in [2.45, 2.75) is 10.9 Å². The van der Waals surface area contributed by atoms with Crippen LogP contribution in [0, 0.1) is 0 Å². The summed E-state index contributed by atoms with van der Waals surface area (Å²) >= 11 is 4.69. The van der Waals surface area contributed by atoms with Crippen LogP contribution in [0.2, 0.25) is 4.47 Å². The van der Waals surface area contributed by atoms with Gasteiger partial charge in [-0.2, -0.15) is 0 Å². The zero-order valence-corrected chi connectivity index (χ0v) is 7.11. The van der Waals surface area contributed by atoms with E-state index in [1.807, 2.05) is 22.3 Å². The Balaban J connectivity index is 2.40. The van der Waals surface area contributed by atoms with E-state index in [9.17, 15) is 0 Å². The molecule has 0 saturated heterocycles. The van der Waals surface area contributed by atoms with Crippen molar-refractivity contribution in [1.29, 1.82) is 0 Å². The van der Waals surface area contributed by atoms with E-state index < -0.39 is 0 Å². The monoisotopic (exact) mass is 252 g/mol. The molecule has 0 aliphatic heterocycles. The standard InChI is InChI=1S/C3H6SeTe/c4-2-1-3-5/h2,5H,1,3H2. The molecule has 0 heterocycles. The molecule has 0 N–H and O–H groups in total. The van der Waals surface area contributed by atoms with Gasteiger partial charge in [-0.25, -0.2) is 0 Å². The van der Waals surface area contributed by atoms with Gasteiger partial charge in [-0.15, -0.1) is 0 Å². The summed E-state index contributed by atoms with van der Waals surface area (Å²) in [7, 11) is 0. The summed E-state index contributed by atoms with van der Waals surface area (Å²) in [5, 5.41) is 0. The van der Waals surface area contributed by atoms with Crippen LogP contribution in [0.5, 0.6) is 0 Å². The molecule has 0 amide bonds. The molecule has 0 rings (SSSR count). The van der Waals surface area contributed by atoms with E-state index in [1.54, 1.807) is 0 Å². The Morgan fingerprint density at radius 1 is 1.80 bits per heavy atom. The quantitative estimate of drug-likeness (QED) is 0.587. The Kier molecular flexibility index (Phi) is 6.40. The van der Waals surface area contributed by atoms with Crippen molar-refractivity contribution in [3.63, 3.8) is 0 Å². The molecular formula is C3H6SeTe. The molecule has 5 heavy (non-hydrogen) atoms. The van der Waals surface area contributed by atoms with Crippen LogP contribution in [0.15, 0.2) is 0 Å². The van der Waals surface area contributed by atoms with Crippen molar-refractivity contribution >= 4 is 42.8 Å². The number of hydrogen-bond donors (Lipinski definition) is 0. The Hall–Kier alpha value is 1.18. The molecule has 0 aromatic carbocycles. The Bertz CT molecular complexity index is 28.1. The maximum atomic E-state index is 2.83. The van der Waals surface area contributed by atoms with Gasteiger partial charge in [0.2, 0.25) is 0 Å². The zero-order valence-electron chi connectivity index (χ0n) is 2.85. The summed E-state index contributed by atoms with van der Waals surface area (Å²) < 4.78 is 1.31. The molecule has 0 nitrogen and oxygen atoms in total. The SMILES string of the molecule is [Se]=CCC[TeH]. The molecule has 0 aromatic heterocycles. The van der Waals surface area contributed by atoms with Gasteiger partial charge in [-0.3, -0.25) is 0 Å². The first-order chi connectivity index (χ1) is 2.41. The fraction of sp³-hybridized carbons (Fsp3) is 0.667. The molecule has 0 bridgehead atoms. The predicted octanol–water partition coefficient (Wildman–Crippen LogP) is -0.334. The average molecular weight is 249 g/mol. The first-order valence-electron chi connectivity index (χ1n) is 1.46. The molecule has 30 valence electrons. The van der Waals surface area contributed by atoms with E-state index >= 15 is 0 Å². The Morgan fingerprint density at radius 3 is 2.40 bits per heavy atom. The third-order valence-electron chi connectivity index (χ3n) is 0.247. The van der Waals surface area contributed by atoms with Crippen LogP contribution < -0.4 is 0 Å². The molecule has 0 unspecified atom stereocenters. The van der Waals surface area contributed by atoms with Gasteiger partial charge >= 0.3 is 53.7 Å². The van der Waals surface area contributed by atoms with Crippen LogP contribution in [0.4, 0.5) is 0 Å². The van der Waals surface area contributed by atoms with Gasteiger partial charge in [-0.1, -0.05) is 0 Å². The molecule has 0 aromatic rings. The Morgan fingerprint density at radius 2 is 2.40 bits per heavy atom. The third kappa shape index (κ3) is 5.18. The van der Waals surface area contributed by atoms with Crippen LogP contribution in [-0.4, -0.2) is 42.8 Å². The molecule has 2 heteroatoms. The minimum absolute atomic E-state index is 1.23. The van der Waals surface area contributed by atoms with E-state index in [1.165, 1.54) is 10.9 Å². The van der Waals surface area contributed by atoms with Crippen LogP contribution >= 0.6 is 0 Å². The van der Waals surface area contributed by atoms with Gasteiger partial charge in [0.25, 0.3) is 0 Å². The first kappa shape index (κ1) is 6.18. The van der Waals surface area contributed by atoms with Crippen molar-refractivity contribution in [2.24, 2.45) is 0 Å². The van der Waals surface area contributed by atoms with Crippen LogP contribution in [0.1, 0.15) is 6.42 Å². The number of rotatable bonds is 2. The molecule has 0 aliphatic rings. The third-order valence-corrected chi connectivity index (χ3v) is 1.48. The van der Waals surface area contributed by atoms with Crippen molar-refractivity contribution in [1.82, 2.24) is 0 Å². The molecule has 0 spiro atoms. The predicted molar refractivity (Wildman–Crippen MR) is 28.4 cm³/mol. The summed E-state index contributed by atoms with van der Waals surface area (Å²) in [6, 6.07) is 0. The van der Waals surface area contributed by atoms with Crippen LogP contribution in [0.3, 0.4) is 0 Å². The fourth-order valence-electron chi connectivity index (χ4n) is 0.0527. The van der Waals surface area contributed by atoms with Crippen LogP contribution in [-0.2, 0) is 0 Å². The zero-order chi connectivity index (χ0) is 4.12. The molecule has 0 fully saturated rings. The summed E-state index contributed by atoms with van der Waals surface area (Å²) in [5.41, 5.74) is 0. The van der Waals surface area contributed by atoms with Crippen molar-refractivity contribution in [3.8, 4) is 0 Å². The van der Waals surface area contributed by atoms with Crippen LogP contribution in [0.25, 0.3) is 0 Å². The van der Waals surface area contributed by atoms with E-state index in [0.29, 0.717) is 0 Å². The second-order valence-corrected chi connectivity index (χ2v) is 2.65. The minimum atomic E-state index is 1.23. The average Bonchev–Trinajstić information content (AvgIpc) is 1.41. The second kappa shape index (κ2) is 5.18. The normalized spacial score (nSPS) is 7.40. The van der Waals surface area contributed by atoms with E-state index in [2.05, 4.69) is 20.5 Å². The van der Waals surface area contributed by atoms with E-state index in [4.69, 9.17) is 0 Å². The summed E-state index contributed by atoms with van der Waals surface area (Å²) in [6.45, 7) is 0. The molecule has 0 radical (unpaired) electrons. The molecule has 0 atom stereocenters. The van der Waals surface area contributed by atoms with Gasteiger partial charge in [0, 0.05) is 0 Å². The van der Waals surface area contributed by atoms with E-state index in [-0.39, 0.29) is 0 Å². The van der Waals surface area contributed by atoms with Crippen molar-refractivity contribution < 1.29 is 0 Å². The van der Waals surface area contributed by atoms with Gasteiger partial charge in [0.05, 0.1) is 0 Å². The van der Waals surface area contributed by atoms with Gasteiger partial charge < -0.3 is 0 Å². The van der Waals surface area contributed by atoms with E-state index in [0.717, 1.165) is 0 Å². The van der Waals surface area contributed by atoms with Crippen molar-refractivity contribution in [3.05, 3.63) is 0 Å². The molecule has 0 aliphatic carbocycles. The second-order valence-electron chi connectivity index (χ2n) is 0.679. The van der Waals surface area contributed by atoms with Gasteiger partial charge in [-0.05, 0) is 0 Å². The van der Waals surface area contributed by atoms with Crippen molar-refractivity contribution in [2.75, 3.05) is 0 Å².